The zero-order valence-corrected chi connectivity index (χ0v) is 15.8. The second-order valence-electron chi connectivity index (χ2n) is 6.34. The molecule has 0 aliphatic carbocycles. The fraction of sp³-hybridized carbons (Fsp3) is 0.250. The van der Waals surface area contributed by atoms with Crippen molar-refractivity contribution in [3.8, 4) is 5.69 Å². The van der Waals surface area contributed by atoms with Gasteiger partial charge in [0.15, 0.2) is 5.69 Å². The molecule has 0 saturated heterocycles. The lowest BCUT2D eigenvalue weighted by Crippen LogP contribution is -2.26. The molecule has 1 heterocycles. The number of carbonyl (C=O) groups excluding carboxylic acids is 1. The zero-order chi connectivity index (χ0) is 18.7. The molecule has 0 bridgehead atoms. The van der Waals surface area contributed by atoms with Gasteiger partial charge in [-0.1, -0.05) is 35.0 Å². The normalized spacial score (nSPS) is 10.8. The smallest absolute Gasteiger partial charge is 0.273 e. The van der Waals surface area contributed by atoms with Gasteiger partial charge < -0.3 is 5.32 Å². The van der Waals surface area contributed by atoms with Gasteiger partial charge in [-0.05, 0) is 68.1 Å². The third-order valence-corrected chi connectivity index (χ3v) is 4.71. The summed E-state index contributed by atoms with van der Waals surface area (Å²) >= 11 is 5.88. The molecule has 26 heavy (non-hydrogen) atoms. The summed E-state index contributed by atoms with van der Waals surface area (Å²) in [5.41, 5.74) is 5.47. The number of amides is 1. The fourth-order valence-corrected chi connectivity index (χ4v) is 2.82. The minimum Gasteiger partial charge on any atom is -0.350 e. The van der Waals surface area contributed by atoms with Gasteiger partial charge >= 0.3 is 0 Å². The predicted octanol–water partition coefficient (Wildman–Crippen LogP) is 3.82. The molecule has 1 amide bonds. The van der Waals surface area contributed by atoms with Crippen LogP contribution in [0.2, 0.25) is 5.02 Å². The molecule has 6 heteroatoms. The van der Waals surface area contributed by atoms with Crippen LogP contribution in [0.5, 0.6) is 0 Å². The number of benzene rings is 2. The molecule has 5 nitrogen and oxygen atoms in total. The standard InChI is InChI=1S/C20H21ClN4O/c1-13-4-9-18(12-14(13)2)25-15(3)19(23-24-25)20(26)22-11-10-16-5-7-17(21)8-6-16/h4-9,12H,10-11H2,1-3H3,(H,22,26). The molecule has 3 aromatic rings. The highest BCUT2D eigenvalue weighted by molar-refractivity contribution is 6.30. The molecular formula is C20H21ClN4O. The van der Waals surface area contributed by atoms with E-state index in [0.717, 1.165) is 23.4 Å². The number of rotatable bonds is 5. The number of hydrogen-bond donors (Lipinski definition) is 1. The minimum atomic E-state index is -0.216. The van der Waals surface area contributed by atoms with E-state index in [4.69, 9.17) is 11.6 Å². The average molecular weight is 369 g/mol. The monoisotopic (exact) mass is 368 g/mol. The van der Waals surface area contributed by atoms with Crippen LogP contribution in [0.4, 0.5) is 0 Å². The third-order valence-electron chi connectivity index (χ3n) is 4.46. The maximum Gasteiger partial charge on any atom is 0.273 e. The Bertz CT molecular complexity index is 931. The number of carbonyl (C=O) groups is 1. The van der Waals surface area contributed by atoms with Crippen molar-refractivity contribution in [2.45, 2.75) is 27.2 Å². The van der Waals surface area contributed by atoms with Crippen molar-refractivity contribution in [1.29, 1.82) is 0 Å². The molecule has 0 unspecified atom stereocenters. The van der Waals surface area contributed by atoms with Crippen molar-refractivity contribution in [1.82, 2.24) is 20.3 Å². The first-order valence-corrected chi connectivity index (χ1v) is 8.86. The first-order chi connectivity index (χ1) is 12.5. The maximum absolute atomic E-state index is 12.4. The van der Waals surface area contributed by atoms with Crippen molar-refractivity contribution >= 4 is 17.5 Å². The quantitative estimate of drug-likeness (QED) is 0.744. The van der Waals surface area contributed by atoms with Crippen LogP contribution in [0, 0.1) is 20.8 Å². The van der Waals surface area contributed by atoms with E-state index >= 15 is 0 Å². The van der Waals surface area contributed by atoms with Gasteiger partial charge in [0.1, 0.15) is 0 Å². The fourth-order valence-electron chi connectivity index (χ4n) is 2.70. The summed E-state index contributed by atoms with van der Waals surface area (Å²) in [5, 5.41) is 11.8. The SMILES string of the molecule is Cc1ccc(-n2nnc(C(=O)NCCc3ccc(Cl)cc3)c2C)cc1C. The highest BCUT2D eigenvalue weighted by Gasteiger charge is 2.17. The molecular weight excluding hydrogens is 348 g/mol. The Morgan fingerprint density at radius 2 is 1.81 bits per heavy atom. The highest BCUT2D eigenvalue weighted by atomic mass is 35.5. The lowest BCUT2D eigenvalue weighted by molar-refractivity contribution is 0.0948. The van der Waals surface area contributed by atoms with Crippen LogP contribution < -0.4 is 5.32 Å². The van der Waals surface area contributed by atoms with Crippen LogP contribution in [0.1, 0.15) is 32.9 Å². The first kappa shape index (κ1) is 18.1. The van der Waals surface area contributed by atoms with Gasteiger partial charge in [0.2, 0.25) is 0 Å². The Balaban J connectivity index is 1.67. The van der Waals surface area contributed by atoms with E-state index in [9.17, 15) is 4.79 Å². The molecule has 134 valence electrons. The van der Waals surface area contributed by atoms with Crippen molar-refractivity contribution < 1.29 is 4.79 Å². The van der Waals surface area contributed by atoms with E-state index in [1.807, 2.05) is 49.4 Å². The lowest BCUT2D eigenvalue weighted by atomic mass is 10.1. The molecule has 0 fully saturated rings. The second kappa shape index (κ2) is 7.70. The molecule has 0 radical (unpaired) electrons. The molecule has 2 aromatic carbocycles. The molecule has 0 aliphatic rings. The highest BCUT2D eigenvalue weighted by Crippen LogP contribution is 2.16. The van der Waals surface area contributed by atoms with E-state index in [0.29, 0.717) is 17.3 Å². The number of nitrogens with zero attached hydrogens (tertiary/aromatic N) is 3. The molecule has 0 saturated carbocycles. The Morgan fingerprint density at radius 1 is 1.08 bits per heavy atom. The van der Waals surface area contributed by atoms with Crippen LogP contribution in [0.3, 0.4) is 0 Å². The maximum atomic E-state index is 12.4. The van der Waals surface area contributed by atoms with Gasteiger partial charge in [-0.3, -0.25) is 4.79 Å². The van der Waals surface area contributed by atoms with E-state index in [1.54, 1.807) is 4.68 Å². The number of halogens is 1. The van der Waals surface area contributed by atoms with E-state index < -0.39 is 0 Å². The summed E-state index contributed by atoms with van der Waals surface area (Å²) in [6.07, 6.45) is 0.729. The van der Waals surface area contributed by atoms with Gasteiger partial charge in [-0.25, -0.2) is 4.68 Å². The van der Waals surface area contributed by atoms with Gasteiger partial charge in [-0.2, -0.15) is 0 Å². The van der Waals surface area contributed by atoms with Gasteiger partial charge in [0, 0.05) is 11.6 Å². The predicted molar refractivity (Wildman–Crippen MR) is 103 cm³/mol. The molecule has 3 rings (SSSR count). The van der Waals surface area contributed by atoms with Gasteiger partial charge in [0.05, 0.1) is 11.4 Å². The number of nitrogens with one attached hydrogen (secondary N) is 1. The molecule has 0 atom stereocenters. The minimum absolute atomic E-state index is 0.216. The van der Waals surface area contributed by atoms with Crippen molar-refractivity contribution in [3.05, 3.63) is 75.6 Å². The van der Waals surface area contributed by atoms with Crippen LogP contribution in [-0.4, -0.2) is 27.4 Å². The average Bonchev–Trinajstić information content (AvgIpc) is 3.00. The summed E-state index contributed by atoms with van der Waals surface area (Å²) in [5.74, 6) is -0.216. The first-order valence-electron chi connectivity index (χ1n) is 8.48. The Labute approximate surface area is 158 Å². The van der Waals surface area contributed by atoms with Gasteiger partial charge in [0.25, 0.3) is 5.91 Å². The number of hydrogen-bond acceptors (Lipinski definition) is 3. The third kappa shape index (κ3) is 3.94. The van der Waals surface area contributed by atoms with E-state index in [-0.39, 0.29) is 5.91 Å². The Hall–Kier alpha value is -2.66. The van der Waals surface area contributed by atoms with Crippen LogP contribution >= 0.6 is 11.6 Å². The van der Waals surface area contributed by atoms with Crippen LogP contribution in [-0.2, 0) is 6.42 Å². The molecule has 0 spiro atoms. The molecule has 1 aromatic heterocycles. The zero-order valence-electron chi connectivity index (χ0n) is 15.1. The lowest BCUT2D eigenvalue weighted by Gasteiger charge is -2.07. The van der Waals surface area contributed by atoms with Crippen molar-refractivity contribution in [2.24, 2.45) is 0 Å². The van der Waals surface area contributed by atoms with Gasteiger partial charge in [-0.15, -0.1) is 5.10 Å². The molecule has 1 N–H and O–H groups in total. The summed E-state index contributed by atoms with van der Waals surface area (Å²) < 4.78 is 1.69. The van der Waals surface area contributed by atoms with E-state index in [2.05, 4.69) is 29.5 Å². The van der Waals surface area contributed by atoms with Crippen LogP contribution in [0.25, 0.3) is 5.69 Å². The van der Waals surface area contributed by atoms with Crippen molar-refractivity contribution in [3.63, 3.8) is 0 Å². The number of aromatic nitrogens is 3. The van der Waals surface area contributed by atoms with Crippen LogP contribution in [0.15, 0.2) is 42.5 Å². The topological polar surface area (TPSA) is 59.8 Å². The summed E-state index contributed by atoms with van der Waals surface area (Å²) in [7, 11) is 0. The summed E-state index contributed by atoms with van der Waals surface area (Å²) in [6.45, 7) is 6.49. The summed E-state index contributed by atoms with van der Waals surface area (Å²) in [4.78, 5) is 12.4. The largest absolute Gasteiger partial charge is 0.350 e. The number of aryl methyl sites for hydroxylation is 2. The Morgan fingerprint density at radius 3 is 2.50 bits per heavy atom. The van der Waals surface area contributed by atoms with Crippen molar-refractivity contribution in [2.75, 3.05) is 6.54 Å². The molecule has 0 aliphatic heterocycles. The second-order valence-corrected chi connectivity index (χ2v) is 6.77. The summed E-state index contributed by atoms with van der Waals surface area (Å²) in [6, 6.07) is 13.7. The van der Waals surface area contributed by atoms with E-state index in [1.165, 1.54) is 11.1 Å². The Kier molecular flexibility index (Phi) is 5.38.